The normalized spacial score (nSPS) is 23.4. The van der Waals surface area contributed by atoms with Gasteiger partial charge in [0.05, 0.1) is 12.7 Å². The van der Waals surface area contributed by atoms with Gasteiger partial charge >= 0.3 is 13.5 Å². The quantitative estimate of drug-likeness (QED) is 0.159. The Labute approximate surface area is 135 Å². The number of ether oxygens (including phenoxy) is 1. The minimum absolute atomic E-state index is 0.0283. The Bertz CT molecular complexity index is 724. The van der Waals surface area contributed by atoms with Crippen molar-refractivity contribution < 1.29 is 33.9 Å². The van der Waals surface area contributed by atoms with Crippen molar-refractivity contribution in [2.75, 3.05) is 6.61 Å². The molecule has 1 saturated heterocycles. The van der Waals surface area contributed by atoms with Crippen LogP contribution >= 0.6 is 7.82 Å². The summed E-state index contributed by atoms with van der Waals surface area (Å²) < 4.78 is 21.4. The maximum atomic E-state index is 11.7. The molecule has 1 aromatic rings. The molecular weight excluding hydrogens is 349 g/mol. The van der Waals surface area contributed by atoms with Crippen LogP contribution in [0, 0.1) is 12.1 Å². The van der Waals surface area contributed by atoms with Gasteiger partial charge in [-0.2, -0.15) is 0 Å². The van der Waals surface area contributed by atoms with E-state index in [0.29, 0.717) is 5.56 Å². The molecule has 1 aliphatic heterocycles. The number of rotatable bonds is 4. The van der Waals surface area contributed by atoms with Gasteiger partial charge in [0.2, 0.25) is 0 Å². The van der Waals surface area contributed by atoms with Crippen LogP contribution in [-0.4, -0.2) is 50.0 Å². The summed E-state index contributed by atoms with van der Waals surface area (Å²) in [6.07, 6.45) is -1.57. The number of aliphatic hydroxyl groups is 1. The van der Waals surface area contributed by atoms with E-state index in [-0.39, 0.29) is 6.42 Å². The van der Waals surface area contributed by atoms with Crippen LogP contribution in [0.2, 0.25) is 0 Å². The lowest BCUT2D eigenvalue weighted by molar-refractivity contribution is -0.361. The summed E-state index contributed by atoms with van der Waals surface area (Å²) in [5.74, 6) is 0. The molecule has 24 heavy (non-hydrogen) atoms. The van der Waals surface area contributed by atoms with E-state index in [0.717, 1.165) is 4.57 Å². The zero-order valence-corrected chi connectivity index (χ0v) is 13.5. The fraction of sp³-hybridized carbons (Fsp3) is 0.545. The number of aryl methyl sites for hydroxylation is 1. The number of nitrogens with zero attached hydrogens (tertiary/aromatic N) is 1. The van der Waals surface area contributed by atoms with Crippen molar-refractivity contribution in [3.8, 4) is 0 Å². The number of aromatic nitrogens is 2. The lowest BCUT2D eigenvalue weighted by atomic mass is 10.2. The van der Waals surface area contributed by atoms with E-state index in [4.69, 9.17) is 19.7 Å². The van der Waals surface area contributed by atoms with Crippen LogP contribution in [0.4, 0.5) is 0 Å². The second kappa shape index (κ2) is 8.33. The number of nitrogens with one attached hydrogen (secondary N) is 2. The highest BCUT2D eigenvalue weighted by Gasteiger charge is 2.37. The summed E-state index contributed by atoms with van der Waals surface area (Å²) >= 11 is 0. The largest absolute Gasteiger partial charge is 0.626 e. The van der Waals surface area contributed by atoms with Crippen LogP contribution in [0.3, 0.4) is 0 Å². The molecule has 0 unspecified atom stereocenters. The van der Waals surface area contributed by atoms with Gasteiger partial charge in [0.25, 0.3) is 5.56 Å². The molecule has 1 aliphatic rings. The third-order valence-electron chi connectivity index (χ3n) is 3.07. The van der Waals surface area contributed by atoms with Gasteiger partial charge in [-0.3, -0.25) is 18.9 Å². The summed E-state index contributed by atoms with van der Waals surface area (Å²) in [5, 5.41) is 19.6. The smallest absolute Gasteiger partial charge is 0.469 e. The zero-order chi connectivity index (χ0) is 18.5. The average molecular weight is 367 g/mol. The molecule has 5 N–H and O–H groups in total. The first-order chi connectivity index (χ1) is 11.1. The molecule has 0 aliphatic carbocycles. The van der Waals surface area contributed by atoms with Crippen LogP contribution in [0.15, 0.2) is 15.8 Å². The van der Waals surface area contributed by atoms with Crippen LogP contribution in [0.1, 0.15) is 18.2 Å². The summed E-state index contributed by atoms with van der Waals surface area (Å²) in [6, 6.07) is 0. The Morgan fingerprint density at radius 3 is 2.71 bits per heavy atom. The first-order valence-electron chi connectivity index (χ1n) is 6.59. The number of phosphoric acid groups is 1. The first-order valence-corrected chi connectivity index (χ1v) is 8.12. The summed E-state index contributed by atoms with van der Waals surface area (Å²) in [6.45, 7) is 3.67. The maximum Gasteiger partial charge on any atom is 0.469 e. The molecule has 0 bridgehead atoms. The lowest BCUT2D eigenvalue weighted by Gasteiger charge is -2.16. The molecule has 1 fully saturated rings. The van der Waals surface area contributed by atoms with E-state index in [1.54, 1.807) is 0 Å². The Balaban J connectivity index is 0.000000891. The van der Waals surface area contributed by atoms with Crippen molar-refractivity contribution in [2.24, 2.45) is 0 Å². The fourth-order valence-corrected chi connectivity index (χ4v) is 2.35. The van der Waals surface area contributed by atoms with Gasteiger partial charge in [-0.05, 0) is 6.92 Å². The van der Waals surface area contributed by atoms with E-state index in [9.17, 15) is 19.3 Å². The van der Waals surface area contributed by atoms with Gasteiger partial charge in [-0.25, -0.2) is 14.5 Å². The van der Waals surface area contributed by atoms with Gasteiger partial charge in [0, 0.05) is 18.2 Å². The molecule has 3 atom stereocenters. The van der Waals surface area contributed by atoms with E-state index in [1.807, 2.05) is 0 Å². The van der Waals surface area contributed by atoms with Gasteiger partial charge in [-0.15, -0.1) is 0 Å². The Morgan fingerprint density at radius 2 is 2.17 bits per heavy atom. The molecule has 2 rings (SSSR count). The van der Waals surface area contributed by atoms with Gasteiger partial charge in [-0.1, -0.05) is 0 Å². The highest BCUT2D eigenvalue weighted by atomic mass is 31.2. The Hall–Kier alpha value is -1.82. The minimum Gasteiger partial charge on any atom is -0.626 e. The van der Waals surface area contributed by atoms with Crippen molar-refractivity contribution in [1.82, 2.24) is 9.55 Å². The molecule has 0 radical (unpaired) electrons. The molecular formula is C11H18N3O9P. The van der Waals surface area contributed by atoms with Gasteiger partial charge < -0.3 is 24.8 Å². The fourth-order valence-electron chi connectivity index (χ4n) is 2.01. The molecule has 12 nitrogen and oxygen atoms in total. The van der Waals surface area contributed by atoms with Crippen LogP contribution in [-0.2, 0) is 13.8 Å². The molecule has 0 saturated carbocycles. The minimum atomic E-state index is -4.67. The summed E-state index contributed by atoms with van der Waals surface area (Å²) in [4.78, 5) is 42.3. The Kier molecular flexibility index (Phi) is 7.02. The van der Waals surface area contributed by atoms with Crippen molar-refractivity contribution in [3.05, 3.63) is 37.8 Å². The second-order valence-corrected chi connectivity index (χ2v) is 6.08. The van der Waals surface area contributed by atoms with Gasteiger partial charge in [0.1, 0.15) is 19.0 Å². The number of phosphoric ester groups is 1. The highest BCUT2D eigenvalue weighted by molar-refractivity contribution is 7.46. The third-order valence-corrected chi connectivity index (χ3v) is 3.55. The molecule has 0 amide bonds. The standard InChI is InChI=1S/C10H15N2O8P.CH3NO/c1-5-3-12(10(15)11-9(5)14)8-2-6(13)7(20-8)4-19-21(16,17)18;1-2-3/h3,6-8,13H,2,4H2,1H3,(H,11,14,15)(H2,16,17,18);2H,1H2/t6-,7+,8+;/m0./s1. The number of hydrogen-bond acceptors (Lipinski definition) is 7. The van der Waals surface area contributed by atoms with E-state index in [1.165, 1.54) is 18.3 Å². The topological polar surface area (TPSA) is 188 Å². The predicted molar refractivity (Wildman–Crippen MR) is 80.0 cm³/mol. The highest BCUT2D eigenvalue weighted by Crippen LogP contribution is 2.38. The monoisotopic (exact) mass is 367 g/mol. The van der Waals surface area contributed by atoms with Crippen molar-refractivity contribution >= 4 is 14.5 Å². The van der Waals surface area contributed by atoms with Crippen molar-refractivity contribution in [3.63, 3.8) is 0 Å². The van der Waals surface area contributed by atoms with E-state index in [2.05, 4.69) is 16.2 Å². The molecule has 1 aromatic heterocycles. The van der Waals surface area contributed by atoms with Crippen molar-refractivity contribution in [2.45, 2.75) is 31.8 Å². The maximum absolute atomic E-state index is 11.7. The molecule has 0 spiro atoms. The lowest BCUT2D eigenvalue weighted by Crippen LogP contribution is -2.56. The van der Waals surface area contributed by atoms with E-state index < -0.39 is 44.1 Å². The summed E-state index contributed by atoms with van der Waals surface area (Å²) in [7, 11) is -4.67. The van der Waals surface area contributed by atoms with Crippen LogP contribution in [0.5, 0.6) is 0 Å². The number of H-pyrrole nitrogens is 1. The van der Waals surface area contributed by atoms with E-state index >= 15 is 0 Å². The Morgan fingerprint density at radius 1 is 1.58 bits per heavy atom. The average Bonchev–Trinajstić information content (AvgIpc) is 2.82. The van der Waals surface area contributed by atoms with Gasteiger partial charge in [0.15, 0.2) is 0 Å². The second-order valence-electron chi connectivity index (χ2n) is 4.84. The number of aromatic amines is 1. The number of hydrogen-bond donors (Lipinski definition) is 5. The summed E-state index contributed by atoms with van der Waals surface area (Å²) in [5.41, 5.74) is -0.918. The predicted octanol–water partition coefficient (Wildman–Crippen LogP) is -3.13. The van der Waals surface area contributed by atoms with Crippen LogP contribution in [0.25, 0.3) is 0 Å². The third kappa shape index (κ3) is 5.67. The molecule has 2 heterocycles. The van der Waals surface area contributed by atoms with Crippen LogP contribution < -0.4 is 16.4 Å². The number of aliphatic hydroxyl groups excluding tert-OH is 1. The first kappa shape index (κ1) is 20.2. The van der Waals surface area contributed by atoms with Crippen molar-refractivity contribution in [1.29, 1.82) is 0 Å². The SMILES string of the molecule is C=[NH+][O-].Cc1cn([C@H]2C[C@H](O)[C@@H](COP(=O)(O)O)O2)c(=O)[nH]c1=O. The zero-order valence-electron chi connectivity index (χ0n) is 12.6. The molecule has 0 aromatic carbocycles. The molecule has 136 valence electrons. The molecule has 13 heteroatoms.